The van der Waals surface area contributed by atoms with Crippen LogP contribution in [0, 0.1) is 5.92 Å². The molecule has 30 heavy (non-hydrogen) atoms. The Morgan fingerprint density at radius 3 is 2.13 bits per heavy atom. The SMILES string of the molecule is CCOC(=O)C(c1ccc(Cn2cc(C(F)(F)F)ccc2=O)cc1)C(C)C(F)(F)F. The molecule has 0 spiro atoms. The Hall–Kier alpha value is -2.78. The summed E-state index contributed by atoms with van der Waals surface area (Å²) < 4.78 is 83.7. The summed E-state index contributed by atoms with van der Waals surface area (Å²) in [7, 11) is 0. The van der Waals surface area contributed by atoms with Crippen LogP contribution in [0.15, 0.2) is 47.4 Å². The van der Waals surface area contributed by atoms with Crippen LogP contribution in [0.5, 0.6) is 0 Å². The van der Waals surface area contributed by atoms with Crippen molar-refractivity contribution in [1.82, 2.24) is 4.57 Å². The maximum atomic E-state index is 13.2. The van der Waals surface area contributed by atoms with Crippen LogP contribution in [0.2, 0.25) is 0 Å². The fourth-order valence-corrected chi connectivity index (χ4v) is 2.90. The molecule has 0 bridgehead atoms. The molecule has 0 aliphatic rings. The summed E-state index contributed by atoms with van der Waals surface area (Å²) in [5, 5.41) is 0. The number of pyridine rings is 1. The molecule has 1 heterocycles. The summed E-state index contributed by atoms with van der Waals surface area (Å²) in [5.74, 6) is -4.62. The molecule has 0 aliphatic heterocycles. The molecule has 0 saturated carbocycles. The van der Waals surface area contributed by atoms with Gasteiger partial charge in [-0.3, -0.25) is 9.59 Å². The number of carbonyl (C=O) groups is 1. The number of ether oxygens (including phenoxy) is 1. The second-order valence-corrected chi connectivity index (χ2v) is 6.68. The number of hydrogen-bond acceptors (Lipinski definition) is 3. The highest BCUT2D eigenvalue weighted by Gasteiger charge is 2.45. The summed E-state index contributed by atoms with van der Waals surface area (Å²) in [6.45, 7) is 2.04. The molecule has 1 aromatic heterocycles. The summed E-state index contributed by atoms with van der Waals surface area (Å²) in [4.78, 5) is 24.0. The van der Waals surface area contributed by atoms with E-state index in [-0.39, 0.29) is 18.7 Å². The largest absolute Gasteiger partial charge is 0.466 e. The first-order chi connectivity index (χ1) is 13.8. The van der Waals surface area contributed by atoms with Gasteiger partial charge in [0.25, 0.3) is 5.56 Å². The predicted octanol–water partition coefficient (Wildman–Crippen LogP) is 4.76. The van der Waals surface area contributed by atoms with Gasteiger partial charge in [0, 0.05) is 12.3 Å². The molecule has 2 atom stereocenters. The van der Waals surface area contributed by atoms with Crippen molar-refractivity contribution < 1.29 is 35.9 Å². The molecule has 0 fully saturated rings. The van der Waals surface area contributed by atoms with Crippen molar-refractivity contribution >= 4 is 5.97 Å². The number of aromatic nitrogens is 1. The third kappa shape index (κ3) is 5.64. The molecule has 10 heteroatoms. The van der Waals surface area contributed by atoms with E-state index in [0.29, 0.717) is 17.8 Å². The van der Waals surface area contributed by atoms with Crippen molar-refractivity contribution in [2.75, 3.05) is 6.61 Å². The van der Waals surface area contributed by atoms with E-state index in [1.54, 1.807) is 0 Å². The lowest BCUT2D eigenvalue weighted by Gasteiger charge is -2.25. The molecule has 4 nitrogen and oxygen atoms in total. The maximum absolute atomic E-state index is 13.2. The Kier molecular flexibility index (Phi) is 6.99. The second kappa shape index (κ2) is 8.93. The molecule has 0 aliphatic carbocycles. The van der Waals surface area contributed by atoms with Gasteiger partial charge in [-0.1, -0.05) is 31.2 Å². The minimum absolute atomic E-state index is 0.0541. The van der Waals surface area contributed by atoms with Gasteiger partial charge in [-0.25, -0.2) is 0 Å². The Morgan fingerprint density at radius 2 is 1.63 bits per heavy atom. The summed E-state index contributed by atoms with van der Waals surface area (Å²) in [5.41, 5.74) is -1.23. The Balaban J connectivity index is 2.32. The third-order valence-corrected chi connectivity index (χ3v) is 4.56. The number of hydrogen-bond donors (Lipinski definition) is 0. The quantitative estimate of drug-likeness (QED) is 0.486. The zero-order chi connectivity index (χ0) is 22.7. The average Bonchev–Trinajstić information content (AvgIpc) is 2.63. The zero-order valence-corrected chi connectivity index (χ0v) is 16.1. The second-order valence-electron chi connectivity index (χ2n) is 6.68. The van der Waals surface area contributed by atoms with E-state index >= 15 is 0 Å². The van der Waals surface area contributed by atoms with E-state index in [4.69, 9.17) is 4.74 Å². The van der Waals surface area contributed by atoms with Crippen LogP contribution < -0.4 is 5.56 Å². The molecule has 2 aromatic rings. The van der Waals surface area contributed by atoms with Crippen molar-refractivity contribution in [3.05, 3.63) is 69.6 Å². The smallest absolute Gasteiger partial charge is 0.417 e. The van der Waals surface area contributed by atoms with E-state index in [2.05, 4.69) is 0 Å². The summed E-state index contributed by atoms with van der Waals surface area (Å²) >= 11 is 0. The van der Waals surface area contributed by atoms with E-state index in [0.717, 1.165) is 17.6 Å². The number of benzene rings is 1. The van der Waals surface area contributed by atoms with Crippen LogP contribution >= 0.6 is 0 Å². The van der Waals surface area contributed by atoms with Crippen molar-refractivity contribution in [2.24, 2.45) is 5.92 Å². The Bertz CT molecular complexity index is 931. The maximum Gasteiger partial charge on any atom is 0.417 e. The van der Waals surface area contributed by atoms with E-state index in [9.17, 15) is 35.9 Å². The summed E-state index contributed by atoms with van der Waals surface area (Å²) in [6.07, 6.45) is -8.59. The Morgan fingerprint density at radius 1 is 1.03 bits per heavy atom. The normalized spacial score (nSPS) is 14.3. The van der Waals surface area contributed by atoms with Gasteiger partial charge in [0.15, 0.2) is 0 Å². The molecule has 2 rings (SSSR count). The average molecular weight is 435 g/mol. The lowest BCUT2D eigenvalue weighted by Crippen LogP contribution is -2.32. The lowest BCUT2D eigenvalue weighted by molar-refractivity contribution is -0.185. The van der Waals surface area contributed by atoms with Crippen LogP contribution in [0.3, 0.4) is 0 Å². The first-order valence-electron chi connectivity index (χ1n) is 8.94. The van der Waals surface area contributed by atoms with Gasteiger partial charge < -0.3 is 9.30 Å². The first kappa shape index (κ1) is 23.5. The van der Waals surface area contributed by atoms with Crippen molar-refractivity contribution in [3.63, 3.8) is 0 Å². The monoisotopic (exact) mass is 435 g/mol. The lowest BCUT2D eigenvalue weighted by atomic mass is 9.86. The third-order valence-electron chi connectivity index (χ3n) is 4.56. The highest BCUT2D eigenvalue weighted by molar-refractivity contribution is 5.78. The topological polar surface area (TPSA) is 48.3 Å². The number of alkyl halides is 6. The summed E-state index contributed by atoms with van der Waals surface area (Å²) in [6, 6.07) is 6.73. The van der Waals surface area contributed by atoms with Gasteiger partial charge in [-0.05, 0) is 24.1 Å². The van der Waals surface area contributed by atoms with Gasteiger partial charge in [-0.2, -0.15) is 26.3 Å². The molecular formula is C20H19F6NO3. The molecule has 2 unspecified atom stereocenters. The highest BCUT2D eigenvalue weighted by Crippen LogP contribution is 2.38. The molecule has 164 valence electrons. The van der Waals surface area contributed by atoms with Gasteiger partial charge in [0.05, 0.1) is 30.6 Å². The van der Waals surface area contributed by atoms with E-state index in [1.165, 1.54) is 31.2 Å². The fourth-order valence-electron chi connectivity index (χ4n) is 2.90. The number of carbonyl (C=O) groups excluding carboxylic acids is 1. The minimum atomic E-state index is -4.64. The molecule has 0 N–H and O–H groups in total. The first-order valence-corrected chi connectivity index (χ1v) is 8.94. The predicted molar refractivity (Wildman–Crippen MR) is 95.8 cm³/mol. The molecular weight excluding hydrogens is 416 g/mol. The van der Waals surface area contributed by atoms with Crippen molar-refractivity contribution in [2.45, 2.75) is 38.7 Å². The van der Waals surface area contributed by atoms with Gasteiger partial charge in [0.1, 0.15) is 0 Å². The highest BCUT2D eigenvalue weighted by atomic mass is 19.4. The van der Waals surface area contributed by atoms with Crippen LogP contribution in [0.25, 0.3) is 0 Å². The van der Waals surface area contributed by atoms with Gasteiger partial charge in [-0.15, -0.1) is 0 Å². The van der Waals surface area contributed by atoms with Crippen molar-refractivity contribution in [3.8, 4) is 0 Å². The van der Waals surface area contributed by atoms with E-state index in [1.807, 2.05) is 0 Å². The molecule has 0 radical (unpaired) electrons. The number of rotatable bonds is 6. The molecule has 0 saturated heterocycles. The minimum Gasteiger partial charge on any atom is -0.466 e. The van der Waals surface area contributed by atoms with E-state index < -0.39 is 41.3 Å². The van der Waals surface area contributed by atoms with Crippen molar-refractivity contribution in [1.29, 1.82) is 0 Å². The molecule has 0 amide bonds. The fraction of sp³-hybridized carbons (Fsp3) is 0.400. The molecule has 1 aromatic carbocycles. The van der Waals surface area contributed by atoms with Gasteiger partial charge in [0.2, 0.25) is 0 Å². The van der Waals surface area contributed by atoms with Crippen LogP contribution in [0.1, 0.15) is 36.5 Å². The zero-order valence-electron chi connectivity index (χ0n) is 16.1. The standard InChI is InChI=1S/C20H19F6NO3/c1-3-30-18(29)17(12(2)19(21,22)23)14-6-4-13(5-7-14)10-27-11-15(20(24,25)26)8-9-16(27)28/h4-9,11-12,17H,3,10H2,1-2H3. The number of halogens is 6. The van der Waals surface area contributed by atoms with Crippen LogP contribution in [-0.2, 0) is 22.3 Å². The number of nitrogens with zero attached hydrogens (tertiary/aromatic N) is 1. The van der Waals surface area contributed by atoms with Gasteiger partial charge >= 0.3 is 18.3 Å². The Labute approximate surface area is 168 Å². The van der Waals surface area contributed by atoms with Crippen LogP contribution in [0.4, 0.5) is 26.3 Å². The number of esters is 1. The van der Waals surface area contributed by atoms with Crippen LogP contribution in [-0.4, -0.2) is 23.3 Å².